The molecule has 134 valence electrons. The molecule has 0 radical (unpaired) electrons. The first-order valence-electron chi connectivity index (χ1n) is 9.60. The van der Waals surface area contributed by atoms with Crippen LogP contribution in [0.15, 0.2) is 9.67 Å². The molecule has 0 saturated heterocycles. The van der Waals surface area contributed by atoms with Gasteiger partial charge in [0.1, 0.15) is 0 Å². The van der Waals surface area contributed by atoms with Crippen molar-refractivity contribution in [1.82, 2.24) is 0 Å². The van der Waals surface area contributed by atoms with E-state index in [4.69, 9.17) is 0 Å². The number of unbranched alkanes of at least 4 members (excludes halogenated alkanes) is 3. The third-order valence-corrected chi connectivity index (χ3v) is 21.0. The van der Waals surface area contributed by atoms with E-state index in [1.54, 1.807) is 13.8 Å². The Hall–Kier alpha value is -0.121. The molecule has 0 aliphatic carbocycles. The monoisotopic (exact) mass is 430 g/mol. The Bertz CT molecular complexity index is 363. The van der Waals surface area contributed by atoms with Gasteiger partial charge in [0.15, 0.2) is 0 Å². The van der Waals surface area contributed by atoms with Crippen LogP contribution in [0.4, 0.5) is 0 Å². The Kier molecular flexibility index (Phi) is 13.1. The molecule has 0 saturated carbocycles. The van der Waals surface area contributed by atoms with Crippen LogP contribution in [0.5, 0.6) is 0 Å². The number of allylic oxidation sites excluding steroid dienone is 2. The summed E-state index contributed by atoms with van der Waals surface area (Å²) in [6.07, 6.45) is 10.9. The van der Waals surface area contributed by atoms with Crippen LogP contribution in [-0.4, -0.2) is 29.9 Å². The van der Waals surface area contributed by atoms with Crippen molar-refractivity contribution in [2.45, 2.75) is 99.3 Å². The minimum absolute atomic E-state index is 0.215. The van der Waals surface area contributed by atoms with Gasteiger partial charge in [-0.2, -0.15) is 0 Å². The molecular weight excluding hydrogens is 391 g/mol. The summed E-state index contributed by atoms with van der Waals surface area (Å²) < 4.78 is 5.55. The number of hydrogen-bond acceptors (Lipinski definition) is 2. The topological polar surface area (TPSA) is 34.1 Å². The fraction of sp³-hybridized carbons (Fsp3) is 0.800. The molecule has 0 N–H and O–H groups in total. The first-order valence-corrected chi connectivity index (χ1v) is 17.1. The molecule has 0 spiro atoms. The summed E-state index contributed by atoms with van der Waals surface area (Å²) >= 11 is -2.53. The second-order valence-corrected chi connectivity index (χ2v) is 20.5. The third kappa shape index (κ3) is 9.68. The summed E-state index contributed by atoms with van der Waals surface area (Å²) in [5.74, 6) is 0.484. The van der Waals surface area contributed by atoms with Crippen LogP contribution in [-0.2, 0) is 9.59 Å². The zero-order chi connectivity index (χ0) is 17.7. The molecule has 0 aromatic heterocycles. The van der Waals surface area contributed by atoms with Crippen molar-refractivity contribution in [3.63, 3.8) is 0 Å². The van der Waals surface area contributed by atoms with Gasteiger partial charge in [-0.05, 0) is 0 Å². The first-order chi connectivity index (χ1) is 10.9. The van der Waals surface area contributed by atoms with Gasteiger partial charge in [-0.3, -0.25) is 0 Å². The number of ketones is 2. The van der Waals surface area contributed by atoms with Gasteiger partial charge in [0.05, 0.1) is 0 Å². The van der Waals surface area contributed by atoms with Crippen LogP contribution < -0.4 is 0 Å². The molecule has 0 aromatic carbocycles. The Balaban J connectivity index is 5.63. The molecule has 0 amide bonds. The normalized spacial score (nSPS) is 12.5. The van der Waals surface area contributed by atoms with Gasteiger partial charge in [0.25, 0.3) is 0 Å². The fourth-order valence-electron chi connectivity index (χ4n) is 3.41. The van der Waals surface area contributed by atoms with E-state index >= 15 is 0 Å². The van der Waals surface area contributed by atoms with E-state index in [0.29, 0.717) is 12.8 Å². The molecule has 0 fully saturated rings. The standard InChI is InChI=1S/C8H11O2.3C4H9.Sn/c1-7(9)5-3-4-6-8(2)10;3*1-3-4-2;/h3H,5-6H2,1-2H3;3*1,3-4H2,2H3;. The summed E-state index contributed by atoms with van der Waals surface area (Å²) in [5.41, 5.74) is 0. The van der Waals surface area contributed by atoms with Crippen molar-refractivity contribution in [2.75, 3.05) is 0 Å². The molecule has 0 atom stereocenters. The van der Waals surface area contributed by atoms with Crippen LogP contribution in [0.25, 0.3) is 0 Å². The molecule has 0 rings (SSSR count). The van der Waals surface area contributed by atoms with Crippen molar-refractivity contribution in [1.29, 1.82) is 0 Å². The predicted molar refractivity (Wildman–Crippen MR) is 104 cm³/mol. The van der Waals surface area contributed by atoms with Gasteiger partial charge in [0.2, 0.25) is 0 Å². The number of Topliss-reactive ketones (excluding diaryl/α,β-unsaturated/α-hetero) is 2. The van der Waals surface area contributed by atoms with Gasteiger partial charge in [0, 0.05) is 0 Å². The summed E-state index contributed by atoms with van der Waals surface area (Å²) in [4.78, 5) is 23.4. The van der Waals surface area contributed by atoms with E-state index in [1.165, 1.54) is 55.4 Å². The number of rotatable bonds is 14. The van der Waals surface area contributed by atoms with E-state index in [9.17, 15) is 9.59 Å². The average Bonchev–Trinajstić information content (AvgIpc) is 2.50. The molecule has 0 aromatic rings. The molecule has 0 bridgehead atoms. The molecular formula is C20H38O2Sn. The van der Waals surface area contributed by atoms with Crippen molar-refractivity contribution in [3.8, 4) is 0 Å². The van der Waals surface area contributed by atoms with E-state index < -0.39 is 18.4 Å². The van der Waals surface area contributed by atoms with E-state index in [0.717, 1.165) is 0 Å². The second-order valence-electron chi connectivity index (χ2n) is 7.11. The van der Waals surface area contributed by atoms with Crippen molar-refractivity contribution < 1.29 is 9.59 Å². The van der Waals surface area contributed by atoms with Gasteiger partial charge >= 0.3 is 148 Å². The first kappa shape index (κ1) is 22.9. The predicted octanol–water partition coefficient (Wildman–Crippen LogP) is 6.26. The molecule has 0 unspecified atom stereocenters. The van der Waals surface area contributed by atoms with Gasteiger partial charge in [-0.15, -0.1) is 0 Å². The zero-order valence-corrected chi connectivity index (χ0v) is 19.0. The van der Waals surface area contributed by atoms with Crippen molar-refractivity contribution >= 4 is 29.9 Å². The Morgan fingerprint density at radius 1 is 0.783 bits per heavy atom. The SMILES string of the molecule is CCC[CH2][Sn]([CH2]CCC)([CH2]CCC)/[C](=C\CC(C)=O)CC(C)=O. The molecule has 2 nitrogen and oxygen atoms in total. The van der Waals surface area contributed by atoms with Crippen LogP contribution in [0.1, 0.15) is 86.0 Å². The molecule has 23 heavy (non-hydrogen) atoms. The molecule has 0 heterocycles. The Morgan fingerprint density at radius 3 is 1.52 bits per heavy atom. The fourth-order valence-corrected chi connectivity index (χ4v) is 20.4. The van der Waals surface area contributed by atoms with Crippen LogP contribution >= 0.6 is 0 Å². The third-order valence-electron chi connectivity index (χ3n) is 4.78. The molecule has 0 aliphatic heterocycles. The Labute approximate surface area is 148 Å². The van der Waals surface area contributed by atoms with Crippen LogP contribution in [0.2, 0.25) is 13.3 Å². The van der Waals surface area contributed by atoms with E-state index in [-0.39, 0.29) is 11.6 Å². The summed E-state index contributed by atoms with van der Waals surface area (Å²) in [5, 5.41) is 0. The van der Waals surface area contributed by atoms with Crippen LogP contribution in [0, 0.1) is 0 Å². The van der Waals surface area contributed by atoms with Crippen LogP contribution in [0.3, 0.4) is 0 Å². The minimum atomic E-state index is -2.53. The van der Waals surface area contributed by atoms with Gasteiger partial charge in [-0.1, -0.05) is 0 Å². The quantitative estimate of drug-likeness (QED) is 0.306. The summed E-state index contributed by atoms with van der Waals surface area (Å²) in [6.45, 7) is 10.2. The number of carbonyl (C=O) groups is 2. The number of hydrogen-bond donors (Lipinski definition) is 0. The second kappa shape index (κ2) is 13.2. The molecule has 0 aliphatic rings. The van der Waals surface area contributed by atoms with Gasteiger partial charge in [-0.25, -0.2) is 0 Å². The van der Waals surface area contributed by atoms with Crippen molar-refractivity contribution in [3.05, 3.63) is 9.67 Å². The summed E-state index contributed by atoms with van der Waals surface area (Å²) in [6, 6.07) is 0. The maximum absolute atomic E-state index is 11.9. The maximum atomic E-state index is 11.9. The number of carbonyl (C=O) groups excluding carboxylic acids is 2. The van der Waals surface area contributed by atoms with E-state index in [2.05, 4.69) is 26.8 Å². The van der Waals surface area contributed by atoms with Gasteiger partial charge < -0.3 is 0 Å². The Morgan fingerprint density at radius 2 is 1.22 bits per heavy atom. The zero-order valence-electron chi connectivity index (χ0n) is 16.2. The molecule has 3 heteroatoms. The average molecular weight is 429 g/mol. The summed E-state index contributed by atoms with van der Waals surface area (Å²) in [7, 11) is 0. The van der Waals surface area contributed by atoms with E-state index in [1.807, 2.05) is 0 Å². The van der Waals surface area contributed by atoms with Crippen molar-refractivity contribution in [2.24, 2.45) is 0 Å².